The van der Waals surface area contributed by atoms with Gasteiger partial charge in [-0.2, -0.15) is 0 Å². The van der Waals surface area contributed by atoms with Crippen LogP contribution in [0.4, 0.5) is 0 Å². The van der Waals surface area contributed by atoms with Crippen LogP contribution in [0.1, 0.15) is 0 Å². The quantitative estimate of drug-likeness (QED) is 0.640. The molecule has 0 aliphatic carbocycles. The summed E-state index contributed by atoms with van der Waals surface area (Å²) in [5.41, 5.74) is 0. The average molecular weight is 284 g/mol. The molecule has 3 nitrogen and oxygen atoms in total. The molecule has 0 radical (unpaired) electrons. The summed E-state index contributed by atoms with van der Waals surface area (Å²) in [6.45, 7) is 1.86. The van der Waals surface area contributed by atoms with E-state index in [1.807, 2.05) is 18.2 Å². The summed E-state index contributed by atoms with van der Waals surface area (Å²) in [6, 6.07) is 5.59. The lowest BCUT2D eigenvalue weighted by Crippen LogP contribution is -2.21. The molecule has 0 saturated heterocycles. The van der Waals surface area contributed by atoms with Crippen LogP contribution in [0.5, 0.6) is 11.5 Å². The monoisotopic (exact) mass is 283 g/mol. The molecule has 0 aliphatic heterocycles. The van der Waals surface area contributed by atoms with Crippen LogP contribution in [0.25, 0.3) is 0 Å². The second-order valence-electron chi connectivity index (χ2n) is 3.03. The van der Waals surface area contributed by atoms with Crippen LogP contribution < -0.4 is 14.8 Å². The van der Waals surface area contributed by atoms with Gasteiger partial charge < -0.3 is 14.8 Å². The van der Waals surface area contributed by atoms with Crippen molar-refractivity contribution in [3.05, 3.63) is 22.7 Å². The van der Waals surface area contributed by atoms with Gasteiger partial charge in [-0.3, -0.25) is 0 Å². The van der Waals surface area contributed by atoms with Gasteiger partial charge in [0.15, 0.2) is 0 Å². The number of terminal acetylenes is 1. The van der Waals surface area contributed by atoms with Gasteiger partial charge in [-0.15, -0.1) is 6.42 Å². The van der Waals surface area contributed by atoms with Crippen molar-refractivity contribution in [1.82, 2.24) is 5.32 Å². The second kappa shape index (κ2) is 7.15. The first-order valence-electron chi connectivity index (χ1n) is 4.88. The third-order valence-electron chi connectivity index (χ3n) is 1.90. The Balaban J connectivity index is 2.40. The molecule has 0 heterocycles. The molecule has 1 aromatic carbocycles. The number of ether oxygens (including phenoxy) is 2. The maximum Gasteiger partial charge on any atom is 0.133 e. The number of hydrogen-bond donors (Lipinski definition) is 1. The highest BCUT2D eigenvalue weighted by molar-refractivity contribution is 9.10. The van der Waals surface area contributed by atoms with Crippen molar-refractivity contribution in [3.8, 4) is 23.8 Å². The molecular formula is C12H14BrNO2. The molecule has 0 fully saturated rings. The molecule has 1 N–H and O–H groups in total. The zero-order valence-corrected chi connectivity index (χ0v) is 10.7. The van der Waals surface area contributed by atoms with Crippen molar-refractivity contribution < 1.29 is 9.47 Å². The molecule has 0 saturated carbocycles. The van der Waals surface area contributed by atoms with Crippen molar-refractivity contribution >= 4 is 15.9 Å². The third kappa shape index (κ3) is 4.13. The first kappa shape index (κ1) is 12.9. The summed E-state index contributed by atoms with van der Waals surface area (Å²) in [4.78, 5) is 0. The molecule has 1 rings (SSSR count). The number of hydrogen-bond acceptors (Lipinski definition) is 3. The van der Waals surface area contributed by atoms with Gasteiger partial charge in [0, 0.05) is 6.54 Å². The Morgan fingerprint density at radius 2 is 2.31 bits per heavy atom. The number of methoxy groups -OCH3 is 1. The average Bonchev–Trinajstić information content (AvgIpc) is 2.30. The fourth-order valence-electron chi connectivity index (χ4n) is 1.12. The molecule has 16 heavy (non-hydrogen) atoms. The van der Waals surface area contributed by atoms with E-state index in [1.165, 1.54) is 0 Å². The van der Waals surface area contributed by atoms with E-state index in [1.54, 1.807) is 7.11 Å². The minimum Gasteiger partial charge on any atom is -0.497 e. The smallest absolute Gasteiger partial charge is 0.133 e. The van der Waals surface area contributed by atoms with E-state index in [9.17, 15) is 0 Å². The summed E-state index contributed by atoms with van der Waals surface area (Å²) < 4.78 is 11.5. The molecule has 0 aromatic heterocycles. The van der Waals surface area contributed by atoms with Crippen LogP contribution >= 0.6 is 15.9 Å². The van der Waals surface area contributed by atoms with Gasteiger partial charge in [0.25, 0.3) is 0 Å². The van der Waals surface area contributed by atoms with Crippen molar-refractivity contribution in [2.75, 3.05) is 26.8 Å². The first-order valence-corrected chi connectivity index (χ1v) is 5.67. The first-order chi connectivity index (χ1) is 7.77. The lowest BCUT2D eigenvalue weighted by molar-refractivity contribution is 0.314. The van der Waals surface area contributed by atoms with Gasteiger partial charge in [-0.1, -0.05) is 5.92 Å². The van der Waals surface area contributed by atoms with E-state index >= 15 is 0 Å². The molecule has 1 aromatic rings. The molecule has 4 heteroatoms. The predicted octanol–water partition coefficient (Wildman–Crippen LogP) is 2.06. The summed E-state index contributed by atoms with van der Waals surface area (Å²) in [5.74, 6) is 4.09. The Labute approximate surface area is 104 Å². The summed E-state index contributed by atoms with van der Waals surface area (Å²) in [5, 5.41) is 3.05. The van der Waals surface area contributed by atoms with Crippen molar-refractivity contribution in [3.63, 3.8) is 0 Å². The SMILES string of the molecule is C#CCNCCOc1ccc(OC)cc1Br. The van der Waals surface area contributed by atoms with Crippen molar-refractivity contribution in [2.24, 2.45) is 0 Å². The highest BCUT2D eigenvalue weighted by Gasteiger charge is 2.02. The Kier molecular flexibility index (Phi) is 5.76. The van der Waals surface area contributed by atoms with Crippen LogP contribution in [0.15, 0.2) is 22.7 Å². The van der Waals surface area contributed by atoms with Gasteiger partial charge in [0.1, 0.15) is 18.1 Å². The minimum absolute atomic E-state index is 0.563. The molecule has 0 bridgehead atoms. The molecule has 0 atom stereocenters. The Morgan fingerprint density at radius 1 is 1.50 bits per heavy atom. The van der Waals surface area contributed by atoms with Crippen LogP contribution in [-0.2, 0) is 0 Å². The predicted molar refractivity (Wildman–Crippen MR) is 67.9 cm³/mol. The highest BCUT2D eigenvalue weighted by atomic mass is 79.9. The largest absolute Gasteiger partial charge is 0.497 e. The van der Waals surface area contributed by atoms with E-state index in [4.69, 9.17) is 15.9 Å². The van der Waals surface area contributed by atoms with E-state index in [0.29, 0.717) is 13.2 Å². The fraction of sp³-hybridized carbons (Fsp3) is 0.333. The lowest BCUT2D eigenvalue weighted by Gasteiger charge is -2.09. The van der Waals surface area contributed by atoms with Crippen LogP contribution in [0.3, 0.4) is 0 Å². The zero-order chi connectivity index (χ0) is 11.8. The summed E-state index contributed by atoms with van der Waals surface area (Å²) >= 11 is 3.41. The number of nitrogens with one attached hydrogen (secondary N) is 1. The number of halogens is 1. The van der Waals surface area contributed by atoms with Crippen molar-refractivity contribution in [1.29, 1.82) is 0 Å². The molecule has 0 amide bonds. The minimum atomic E-state index is 0.563. The maximum absolute atomic E-state index is 5.55. The maximum atomic E-state index is 5.55. The van der Waals surface area contributed by atoms with Crippen LogP contribution in [-0.4, -0.2) is 26.8 Å². The number of rotatable bonds is 6. The molecule has 0 aliphatic rings. The Bertz CT molecular complexity index is 374. The van der Waals surface area contributed by atoms with E-state index in [2.05, 4.69) is 27.2 Å². The fourth-order valence-corrected chi connectivity index (χ4v) is 1.59. The van der Waals surface area contributed by atoms with E-state index in [-0.39, 0.29) is 0 Å². The van der Waals surface area contributed by atoms with Crippen LogP contribution in [0, 0.1) is 12.3 Å². The van der Waals surface area contributed by atoms with Crippen molar-refractivity contribution in [2.45, 2.75) is 0 Å². The molecule has 86 valence electrons. The standard InChI is InChI=1S/C12H14BrNO2/c1-3-6-14-7-8-16-12-5-4-10(15-2)9-11(12)13/h1,4-5,9,14H,6-8H2,2H3. The molecule has 0 spiro atoms. The van der Waals surface area contributed by atoms with Gasteiger partial charge in [-0.25, -0.2) is 0 Å². The van der Waals surface area contributed by atoms with E-state index < -0.39 is 0 Å². The molecular weight excluding hydrogens is 270 g/mol. The highest BCUT2D eigenvalue weighted by Crippen LogP contribution is 2.28. The summed E-state index contributed by atoms with van der Waals surface area (Å²) in [6.07, 6.45) is 5.10. The Hall–Kier alpha value is -1.18. The summed E-state index contributed by atoms with van der Waals surface area (Å²) in [7, 11) is 1.63. The van der Waals surface area contributed by atoms with E-state index in [0.717, 1.165) is 22.5 Å². The topological polar surface area (TPSA) is 30.5 Å². The van der Waals surface area contributed by atoms with Gasteiger partial charge in [-0.05, 0) is 34.1 Å². The van der Waals surface area contributed by atoms with Gasteiger partial charge in [0.05, 0.1) is 18.1 Å². The Morgan fingerprint density at radius 3 is 2.94 bits per heavy atom. The van der Waals surface area contributed by atoms with Gasteiger partial charge >= 0.3 is 0 Å². The normalized spacial score (nSPS) is 9.56. The number of benzene rings is 1. The van der Waals surface area contributed by atoms with Gasteiger partial charge in [0.2, 0.25) is 0 Å². The zero-order valence-electron chi connectivity index (χ0n) is 9.13. The van der Waals surface area contributed by atoms with Crippen LogP contribution in [0.2, 0.25) is 0 Å². The second-order valence-corrected chi connectivity index (χ2v) is 3.88. The lowest BCUT2D eigenvalue weighted by atomic mass is 10.3. The molecule has 0 unspecified atom stereocenters. The third-order valence-corrected chi connectivity index (χ3v) is 2.52.